The number of thiazole rings is 1. The summed E-state index contributed by atoms with van der Waals surface area (Å²) in [7, 11) is 0. The number of hydrogen-bond donors (Lipinski definition) is 2. The lowest BCUT2D eigenvalue weighted by Gasteiger charge is -2.03. The maximum atomic E-state index is 5.82. The van der Waals surface area contributed by atoms with Gasteiger partial charge in [-0.3, -0.25) is 0 Å². The van der Waals surface area contributed by atoms with E-state index in [1.54, 1.807) is 22.7 Å². The second-order valence-corrected chi connectivity index (χ2v) is 6.53. The fourth-order valence-corrected chi connectivity index (χ4v) is 3.15. The fraction of sp³-hybridized carbons (Fsp3) is 0.385. The number of halogens is 1. The molecule has 0 aliphatic heterocycles. The molecular weight excluding hydrogens is 403 g/mol. The molecule has 0 saturated heterocycles. The average Bonchev–Trinajstić information content (AvgIpc) is 2.98. The van der Waals surface area contributed by atoms with Crippen molar-refractivity contribution in [1.29, 1.82) is 0 Å². The minimum Gasteiger partial charge on any atom is -0.370 e. The van der Waals surface area contributed by atoms with E-state index >= 15 is 0 Å². The lowest BCUT2D eigenvalue weighted by molar-refractivity contribution is 0.855. The predicted molar refractivity (Wildman–Crippen MR) is 98.4 cm³/mol. The van der Waals surface area contributed by atoms with E-state index in [0.717, 1.165) is 23.7 Å². The highest BCUT2D eigenvalue weighted by atomic mass is 127. The molecule has 7 heteroatoms. The van der Waals surface area contributed by atoms with Crippen molar-refractivity contribution >= 4 is 52.6 Å². The highest BCUT2D eigenvalue weighted by Crippen LogP contribution is 2.16. The van der Waals surface area contributed by atoms with Crippen molar-refractivity contribution < 1.29 is 0 Å². The highest BCUT2D eigenvalue weighted by Gasteiger charge is 2.02. The summed E-state index contributed by atoms with van der Waals surface area (Å²) in [6.07, 6.45) is 0.976. The van der Waals surface area contributed by atoms with Gasteiger partial charge in [0.15, 0.2) is 5.96 Å². The Kier molecular flexibility index (Phi) is 7.46. The van der Waals surface area contributed by atoms with Crippen LogP contribution in [0.3, 0.4) is 0 Å². The minimum atomic E-state index is 0. The summed E-state index contributed by atoms with van der Waals surface area (Å²) in [4.78, 5) is 11.3. The molecule has 0 radical (unpaired) electrons. The van der Waals surface area contributed by atoms with E-state index in [2.05, 4.69) is 39.7 Å². The Bertz CT molecular complexity index is 529. The summed E-state index contributed by atoms with van der Waals surface area (Å²) in [6.45, 7) is 5.45. The molecule has 0 saturated carbocycles. The van der Waals surface area contributed by atoms with Crippen LogP contribution in [0.25, 0.3) is 0 Å². The molecule has 0 atom stereocenters. The van der Waals surface area contributed by atoms with Crippen molar-refractivity contribution in [2.75, 3.05) is 6.54 Å². The van der Waals surface area contributed by atoms with Crippen LogP contribution in [-0.4, -0.2) is 17.5 Å². The van der Waals surface area contributed by atoms with E-state index < -0.39 is 0 Å². The number of aliphatic imine (C=N–C) groups is 1. The molecule has 0 fully saturated rings. The second kappa shape index (κ2) is 8.58. The van der Waals surface area contributed by atoms with Gasteiger partial charge < -0.3 is 11.1 Å². The average molecular weight is 422 g/mol. The predicted octanol–water partition coefficient (Wildman–Crippen LogP) is 3.09. The van der Waals surface area contributed by atoms with Crippen LogP contribution in [0.2, 0.25) is 0 Å². The molecule has 2 heterocycles. The number of hydrogen-bond acceptors (Lipinski definition) is 4. The molecule has 2 aromatic heterocycles. The number of rotatable bonds is 5. The molecule has 0 aliphatic rings. The van der Waals surface area contributed by atoms with Gasteiger partial charge in [0.1, 0.15) is 5.01 Å². The van der Waals surface area contributed by atoms with E-state index in [0.29, 0.717) is 12.5 Å². The van der Waals surface area contributed by atoms with Gasteiger partial charge >= 0.3 is 0 Å². The monoisotopic (exact) mass is 422 g/mol. The number of nitrogens with one attached hydrogen (secondary N) is 1. The zero-order chi connectivity index (χ0) is 13.7. The van der Waals surface area contributed by atoms with Gasteiger partial charge in [-0.2, -0.15) is 0 Å². The van der Waals surface area contributed by atoms with Crippen LogP contribution in [0.5, 0.6) is 0 Å². The Morgan fingerprint density at radius 2 is 2.25 bits per heavy atom. The molecule has 20 heavy (non-hydrogen) atoms. The van der Waals surface area contributed by atoms with Crippen molar-refractivity contribution in [2.45, 2.75) is 26.8 Å². The van der Waals surface area contributed by atoms with Crippen LogP contribution in [0.1, 0.15) is 20.5 Å². The van der Waals surface area contributed by atoms with Gasteiger partial charge in [-0.15, -0.1) is 46.7 Å². The zero-order valence-corrected chi connectivity index (χ0v) is 15.5. The first kappa shape index (κ1) is 17.4. The minimum absolute atomic E-state index is 0. The molecular formula is C13H19IN4S2. The maximum Gasteiger partial charge on any atom is 0.189 e. The number of aromatic nitrogens is 1. The fourth-order valence-electron chi connectivity index (χ4n) is 1.58. The molecule has 0 unspecified atom stereocenters. The molecule has 0 bridgehead atoms. The number of thiophene rings is 1. The van der Waals surface area contributed by atoms with Crippen molar-refractivity contribution in [2.24, 2.45) is 10.7 Å². The topological polar surface area (TPSA) is 63.3 Å². The van der Waals surface area contributed by atoms with E-state index in [1.165, 1.54) is 9.75 Å². The molecule has 0 aromatic carbocycles. The quantitative estimate of drug-likeness (QED) is 0.442. The van der Waals surface area contributed by atoms with Crippen molar-refractivity contribution in [1.82, 2.24) is 10.3 Å². The van der Waals surface area contributed by atoms with Gasteiger partial charge in [0.25, 0.3) is 0 Å². The molecule has 2 aromatic rings. The van der Waals surface area contributed by atoms with Gasteiger partial charge in [0.05, 0.1) is 12.2 Å². The highest BCUT2D eigenvalue weighted by molar-refractivity contribution is 14.0. The lowest BCUT2D eigenvalue weighted by Crippen LogP contribution is -2.33. The van der Waals surface area contributed by atoms with E-state index in [4.69, 9.17) is 5.73 Å². The molecule has 0 spiro atoms. The second-order valence-electron chi connectivity index (χ2n) is 4.21. The third-order valence-electron chi connectivity index (χ3n) is 2.72. The Hall–Kier alpha value is -0.670. The SMILES string of the molecule is Cc1nc(CN=C(N)NCCc2cccs2)sc1C.I. The van der Waals surface area contributed by atoms with E-state index in [1.807, 2.05) is 6.92 Å². The molecule has 2 rings (SSSR count). The number of nitrogens with zero attached hydrogens (tertiary/aromatic N) is 2. The number of aryl methyl sites for hydroxylation is 2. The summed E-state index contributed by atoms with van der Waals surface area (Å²) >= 11 is 3.44. The lowest BCUT2D eigenvalue weighted by atomic mass is 10.3. The van der Waals surface area contributed by atoms with Crippen LogP contribution in [0.15, 0.2) is 22.5 Å². The zero-order valence-electron chi connectivity index (χ0n) is 11.5. The van der Waals surface area contributed by atoms with Crippen molar-refractivity contribution in [3.05, 3.63) is 38.0 Å². The van der Waals surface area contributed by atoms with Crippen molar-refractivity contribution in [3.63, 3.8) is 0 Å². The Balaban J connectivity index is 0.00000200. The van der Waals surface area contributed by atoms with Gasteiger partial charge in [-0.1, -0.05) is 6.07 Å². The molecule has 4 nitrogen and oxygen atoms in total. The van der Waals surface area contributed by atoms with E-state index in [9.17, 15) is 0 Å². The van der Waals surface area contributed by atoms with E-state index in [-0.39, 0.29) is 24.0 Å². The normalized spacial score (nSPS) is 11.2. The van der Waals surface area contributed by atoms with Crippen LogP contribution in [0, 0.1) is 13.8 Å². The molecule has 110 valence electrons. The first-order valence-electron chi connectivity index (χ1n) is 6.14. The van der Waals surface area contributed by atoms with Gasteiger partial charge in [0.2, 0.25) is 0 Å². The van der Waals surface area contributed by atoms with Crippen LogP contribution >= 0.6 is 46.7 Å². The van der Waals surface area contributed by atoms with Gasteiger partial charge in [0, 0.05) is 16.3 Å². The van der Waals surface area contributed by atoms with Gasteiger partial charge in [-0.05, 0) is 31.7 Å². The third-order valence-corrected chi connectivity index (χ3v) is 4.71. The number of nitrogens with two attached hydrogens (primary N) is 1. The van der Waals surface area contributed by atoms with Crippen LogP contribution in [-0.2, 0) is 13.0 Å². The van der Waals surface area contributed by atoms with Gasteiger partial charge in [-0.25, -0.2) is 9.98 Å². The standard InChI is InChI=1S/C13H18N4S2.HI/c1-9-10(2)19-12(17-9)8-16-13(14)15-6-5-11-4-3-7-18-11;/h3-4,7H,5-6,8H2,1-2H3,(H3,14,15,16);1H. The smallest absolute Gasteiger partial charge is 0.189 e. The first-order valence-corrected chi connectivity index (χ1v) is 7.84. The molecule has 3 N–H and O–H groups in total. The Labute approximate surface area is 144 Å². The molecule has 0 amide bonds. The van der Waals surface area contributed by atoms with Crippen LogP contribution in [0.4, 0.5) is 0 Å². The van der Waals surface area contributed by atoms with Crippen LogP contribution < -0.4 is 11.1 Å². The summed E-state index contributed by atoms with van der Waals surface area (Å²) in [6, 6.07) is 4.19. The molecule has 0 aliphatic carbocycles. The third kappa shape index (κ3) is 5.37. The van der Waals surface area contributed by atoms with Crippen molar-refractivity contribution in [3.8, 4) is 0 Å². The maximum absolute atomic E-state index is 5.82. The first-order chi connectivity index (χ1) is 9.15. The summed E-state index contributed by atoms with van der Waals surface area (Å²) in [5.41, 5.74) is 6.91. The summed E-state index contributed by atoms with van der Waals surface area (Å²) in [5, 5.41) is 6.22. The summed E-state index contributed by atoms with van der Waals surface area (Å²) < 4.78 is 0. The Morgan fingerprint density at radius 1 is 1.45 bits per heavy atom. The Morgan fingerprint density at radius 3 is 2.85 bits per heavy atom. The number of guanidine groups is 1. The summed E-state index contributed by atoms with van der Waals surface area (Å²) in [5.74, 6) is 0.488. The largest absolute Gasteiger partial charge is 0.370 e.